The van der Waals surface area contributed by atoms with E-state index in [1.165, 1.54) is 0 Å². The van der Waals surface area contributed by atoms with Gasteiger partial charge in [0.05, 0.1) is 6.42 Å². The van der Waals surface area contributed by atoms with Crippen LogP contribution in [0.3, 0.4) is 0 Å². The third-order valence-electron chi connectivity index (χ3n) is 3.04. The number of amides is 1. The monoisotopic (exact) mass is 266 g/mol. The summed E-state index contributed by atoms with van der Waals surface area (Å²) in [6.45, 7) is 6.63. The van der Waals surface area contributed by atoms with Crippen LogP contribution < -0.4 is 5.32 Å². The SMILES string of the molecule is CCCn1cccc1C(=O)NC(CC(=O)O)C(C)C. The number of nitrogens with one attached hydrogen (secondary N) is 1. The smallest absolute Gasteiger partial charge is 0.305 e. The van der Waals surface area contributed by atoms with Crippen LogP contribution in [0.2, 0.25) is 0 Å². The number of hydrogen-bond acceptors (Lipinski definition) is 2. The van der Waals surface area contributed by atoms with E-state index >= 15 is 0 Å². The number of carbonyl (C=O) groups is 2. The minimum Gasteiger partial charge on any atom is -0.481 e. The first-order valence-corrected chi connectivity index (χ1v) is 6.63. The summed E-state index contributed by atoms with van der Waals surface area (Å²) in [6, 6.07) is 3.23. The quantitative estimate of drug-likeness (QED) is 0.794. The van der Waals surface area contributed by atoms with Crippen molar-refractivity contribution in [2.45, 2.75) is 46.2 Å². The maximum absolute atomic E-state index is 12.2. The van der Waals surface area contributed by atoms with Gasteiger partial charge in [-0.1, -0.05) is 20.8 Å². The van der Waals surface area contributed by atoms with Crippen molar-refractivity contribution in [2.24, 2.45) is 5.92 Å². The molecular formula is C14H22N2O3. The van der Waals surface area contributed by atoms with Gasteiger partial charge < -0.3 is 15.0 Å². The number of aryl methyl sites for hydroxylation is 1. The van der Waals surface area contributed by atoms with Crippen molar-refractivity contribution in [2.75, 3.05) is 0 Å². The van der Waals surface area contributed by atoms with Crippen LogP contribution in [0.25, 0.3) is 0 Å². The number of hydrogen-bond donors (Lipinski definition) is 2. The zero-order valence-corrected chi connectivity index (χ0v) is 11.7. The van der Waals surface area contributed by atoms with Crippen molar-refractivity contribution >= 4 is 11.9 Å². The van der Waals surface area contributed by atoms with Gasteiger partial charge in [0, 0.05) is 18.8 Å². The standard InChI is InChI=1S/C14H22N2O3/c1-4-7-16-8-5-6-12(16)14(19)15-11(10(2)3)9-13(17)18/h5-6,8,10-11H,4,7,9H2,1-3H3,(H,15,19)(H,17,18). The minimum absolute atomic E-state index is 0.0576. The topological polar surface area (TPSA) is 71.3 Å². The van der Waals surface area contributed by atoms with E-state index < -0.39 is 5.97 Å². The molecule has 0 saturated carbocycles. The van der Waals surface area contributed by atoms with Gasteiger partial charge in [0.15, 0.2) is 0 Å². The molecule has 1 atom stereocenters. The fourth-order valence-electron chi connectivity index (χ4n) is 1.94. The molecule has 1 unspecified atom stereocenters. The van der Waals surface area contributed by atoms with Gasteiger partial charge in [0.2, 0.25) is 0 Å². The molecule has 5 heteroatoms. The minimum atomic E-state index is -0.900. The summed E-state index contributed by atoms with van der Waals surface area (Å²) in [6.07, 6.45) is 2.75. The Morgan fingerprint density at radius 1 is 1.42 bits per heavy atom. The predicted molar refractivity (Wildman–Crippen MR) is 73.1 cm³/mol. The molecule has 0 aromatic carbocycles. The Kier molecular flexibility index (Phi) is 5.60. The summed E-state index contributed by atoms with van der Waals surface area (Å²) in [5.74, 6) is -1.03. The van der Waals surface area contributed by atoms with Crippen LogP contribution in [-0.4, -0.2) is 27.6 Å². The second-order valence-corrected chi connectivity index (χ2v) is 5.01. The Morgan fingerprint density at radius 2 is 2.11 bits per heavy atom. The van der Waals surface area contributed by atoms with Crippen molar-refractivity contribution in [3.63, 3.8) is 0 Å². The van der Waals surface area contributed by atoms with Crippen LogP contribution in [0.15, 0.2) is 18.3 Å². The van der Waals surface area contributed by atoms with E-state index in [4.69, 9.17) is 5.11 Å². The summed E-state index contributed by atoms with van der Waals surface area (Å²) in [4.78, 5) is 23.0. The molecule has 0 aliphatic heterocycles. The normalized spacial score (nSPS) is 12.4. The lowest BCUT2D eigenvalue weighted by Gasteiger charge is -2.21. The fourth-order valence-corrected chi connectivity index (χ4v) is 1.94. The molecule has 0 aliphatic carbocycles. The Labute approximate surface area is 113 Å². The average Bonchev–Trinajstić information content (AvgIpc) is 2.76. The van der Waals surface area contributed by atoms with Gasteiger partial charge in [-0.25, -0.2) is 0 Å². The van der Waals surface area contributed by atoms with E-state index in [9.17, 15) is 9.59 Å². The largest absolute Gasteiger partial charge is 0.481 e. The number of carbonyl (C=O) groups excluding carboxylic acids is 1. The van der Waals surface area contributed by atoms with Crippen molar-refractivity contribution in [1.29, 1.82) is 0 Å². The van der Waals surface area contributed by atoms with Crippen molar-refractivity contribution in [1.82, 2.24) is 9.88 Å². The highest BCUT2D eigenvalue weighted by atomic mass is 16.4. The second-order valence-electron chi connectivity index (χ2n) is 5.01. The highest BCUT2D eigenvalue weighted by molar-refractivity contribution is 5.93. The molecule has 0 saturated heterocycles. The average molecular weight is 266 g/mol. The Bertz CT molecular complexity index is 438. The Morgan fingerprint density at radius 3 is 2.63 bits per heavy atom. The summed E-state index contributed by atoms with van der Waals surface area (Å²) in [5.41, 5.74) is 0.581. The molecule has 0 radical (unpaired) electrons. The number of rotatable bonds is 7. The molecule has 106 valence electrons. The molecule has 1 amide bonds. The zero-order chi connectivity index (χ0) is 14.4. The molecule has 1 aromatic heterocycles. The van der Waals surface area contributed by atoms with Gasteiger partial charge in [-0.2, -0.15) is 0 Å². The van der Waals surface area contributed by atoms with Gasteiger partial charge in [0.1, 0.15) is 5.69 Å². The molecule has 1 heterocycles. The van der Waals surface area contributed by atoms with Crippen LogP contribution >= 0.6 is 0 Å². The summed E-state index contributed by atoms with van der Waals surface area (Å²) >= 11 is 0. The van der Waals surface area contributed by atoms with E-state index in [0.29, 0.717) is 5.69 Å². The molecule has 0 fully saturated rings. The second kappa shape index (κ2) is 6.97. The number of nitrogens with zero attached hydrogens (tertiary/aromatic N) is 1. The van der Waals surface area contributed by atoms with Gasteiger partial charge >= 0.3 is 5.97 Å². The third-order valence-corrected chi connectivity index (χ3v) is 3.04. The lowest BCUT2D eigenvalue weighted by Crippen LogP contribution is -2.40. The first-order valence-electron chi connectivity index (χ1n) is 6.63. The Balaban J connectivity index is 2.76. The number of carboxylic acids is 1. The third kappa shape index (κ3) is 4.43. The number of aliphatic carboxylic acids is 1. The first kappa shape index (κ1) is 15.3. The molecule has 1 aromatic rings. The highest BCUT2D eigenvalue weighted by Gasteiger charge is 2.21. The van der Waals surface area contributed by atoms with Gasteiger partial charge in [-0.15, -0.1) is 0 Å². The lowest BCUT2D eigenvalue weighted by molar-refractivity contribution is -0.137. The van der Waals surface area contributed by atoms with Gasteiger partial charge in [0.25, 0.3) is 5.91 Å². The molecule has 19 heavy (non-hydrogen) atoms. The molecular weight excluding hydrogens is 244 g/mol. The molecule has 0 spiro atoms. The molecule has 1 rings (SSSR count). The van der Waals surface area contributed by atoms with Crippen molar-refractivity contribution < 1.29 is 14.7 Å². The maximum Gasteiger partial charge on any atom is 0.305 e. The zero-order valence-electron chi connectivity index (χ0n) is 11.7. The van der Waals surface area contributed by atoms with Crippen molar-refractivity contribution in [3.05, 3.63) is 24.0 Å². The van der Waals surface area contributed by atoms with Crippen LogP contribution in [0.5, 0.6) is 0 Å². The van der Waals surface area contributed by atoms with E-state index in [-0.39, 0.29) is 24.3 Å². The maximum atomic E-state index is 12.2. The van der Waals surface area contributed by atoms with Gasteiger partial charge in [-0.05, 0) is 24.5 Å². The van der Waals surface area contributed by atoms with Crippen LogP contribution in [0, 0.1) is 5.92 Å². The van der Waals surface area contributed by atoms with E-state index in [1.54, 1.807) is 6.07 Å². The van der Waals surface area contributed by atoms with Crippen LogP contribution in [-0.2, 0) is 11.3 Å². The molecule has 0 bridgehead atoms. The van der Waals surface area contributed by atoms with E-state index in [1.807, 2.05) is 37.6 Å². The highest BCUT2D eigenvalue weighted by Crippen LogP contribution is 2.09. The van der Waals surface area contributed by atoms with Gasteiger partial charge in [-0.3, -0.25) is 9.59 Å². The van der Waals surface area contributed by atoms with Crippen LogP contribution in [0.4, 0.5) is 0 Å². The first-order chi connectivity index (χ1) is 8.95. The number of aromatic nitrogens is 1. The molecule has 5 nitrogen and oxygen atoms in total. The predicted octanol–water partition coefficient (Wildman–Crippen LogP) is 2.13. The molecule has 2 N–H and O–H groups in total. The van der Waals surface area contributed by atoms with Crippen LogP contribution in [0.1, 0.15) is 44.1 Å². The lowest BCUT2D eigenvalue weighted by atomic mass is 10.0. The van der Waals surface area contributed by atoms with Crippen molar-refractivity contribution in [3.8, 4) is 0 Å². The molecule has 0 aliphatic rings. The summed E-state index contributed by atoms with van der Waals surface area (Å²) in [5, 5.41) is 11.7. The van der Waals surface area contributed by atoms with E-state index in [0.717, 1.165) is 13.0 Å². The summed E-state index contributed by atoms with van der Waals surface area (Å²) < 4.78 is 1.88. The fraction of sp³-hybridized carbons (Fsp3) is 0.571. The Hall–Kier alpha value is -1.78. The van der Waals surface area contributed by atoms with E-state index in [2.05, 4.69) is 5.32 Å². The number of carboxylic acid groups (broad SMARTS) is 1. The summed E-state index contributed by atoms with van der Waals surface area (Å²) in [7, 11) is 0.